The molecule has 3 aromatic rings. The normalized spacial score (nSPS) is 15.7. The third kappa shape index (κ3) is 5.46. The number of aromatic nitrogens is 3. The molecule has 0 unspecified atom stereocenters. The molecule has 0 bridgehead atoms. The first kappa shape index (κ1) is 26.2. The zero-order valence-corrected chi connectivity index (χ0v) is 21.1. The van der Waals surface area contributed by atoms with Crippen LogP contribution >= 0.6 is 0 Å². The standard InChI is InChI=1S/C26H32FN7O3/c1-3-34-24(28)22(26(37)29-2)23(36)18-7-9-20(32-25(18)34)19-8-6-16(14-30-19)13-21(35)31-15-17-5-4-11-33(17)12-10-27/h6-9,14,17H,3-5,10-13,15,28H2,1-2H3,(H,29,37)(H,31,35)/t17-/m1/s1. The zero-order valence-electron chi connectivity index (χ0n) is 21.1. The lowest BCUT2D eigenvalue weighted by atomic mass is 10.1. The van der Waals surface area contributed by atoms with E-state index in [4.69, 9.17) is 5.73 Å². The van der Waals surface area contributed by atoms with Gasteiger partial charge in [0.25, 0.3) is 5.91 Å². The van der Waals surface area contributed by atoms with Crippen molar-refractivity contribution in [1.29, 1.82) is 0 Å². The predicted octanol–water partition coefficient (Wildman–Crippen LogP) is 1.51. The van der Waals surface area contributed by atoms with Gasteiger partial charge in [0.05, 0.1) is 23.2 Å². The Morgan fingerprint density at radius 2 is 2.00 bits per heavy atom. The Bertz CT molecular complexity index is 1360. The number of pyridine rings is 3. The molecule has 0 radical (unpaired) electrons. The van der Waals surface area contributed by atoms with Gasteiger partial charge in [0.15, 0.2) is 0 Å². The van der Waals surface area contributed by atoms with Gasteiger partial charge in [-0.1, -0.05) is 6.07 Å². The number of hydrogen-bond acceptors (Lipinski definition) is 7. The van der Waals surface area contributed by atoms with Gasteiger partial charge in [0.1, 0.15) is 23.7 Å². The molecule has 1 aliphatic rings. The topological polar surface area (TPSA) is 135 Å². The molecule has 4 rings (SSSR count). The van der Waals surface area contributed by atoms with Gasteiger partial charge < -0.3 is 20.9 Å². The predicted molar refractivity (Wildman–Crippen MR) is 140 cm³/mol. The van der Waals surface area contributed by atoms with Crippen molar-refractivity contribution in [2.75, 3.05) is 39.1 Å². The fourth-order valence-electron chi connectivity index (χ4n) is 4.83. The summed E-state index contributed by atoms with van der Waals surface area (Å²) < 4.78 is 14.3. The van der Waals surface area contributed by atoms with Crippen molar-refractivity contribution in [3.05, 3.63) is 51.8 Å². The summed E-state index contributed by atoms with van der Waals surface area (Å²) in [5.74, 6) is -0.596. The molecule has 4 heterocycles. The van der Waals surface area contributed by atoms with E-state index < -0.39 is 11.3 Å². The van der Waals surface area contributed by atoms with E-state index in [-0.39, 0.29) is 36.4 Å². The Kier molecular flexibility index (Phi) is 8.12. The van der Waals surface area contributed by atoms with Crippen LogP contribution in [0.5, 0.6) is 0 Å². The number of nitrogen functional groups attached to an aromatic ring is 1. The smallest absolute Gasteiger partial charge is 0.258 e. The van der Waals surface area contributed by atoms with Crippen LogP contribution in [0.3, 0.4) is 0 Å². The number of amides is 2. The molecule has 1 fully saturated rings. The fraction of sp³-hybridized carbons (Fsp3) is 0.423. The molecule has 196 valence electrons. The average molecular weight is 510 g/mol. The van der Waals surface area contributed by atoms with E-state index in [1.807, 2.05) is 13.0 Å². The third-order valence-corrected chi connectivity index (χ3v) is 6.78. The van der Waals surface area contributed by atoms with E-state index in [1.165, 1.54) is 7.05 Å². The van der Waals surface area contributed by atoms with E-state index in [0.717, 1.165) is 24.9 Å². The van der Waals surface area contributed by atoms with Crippen molar-refractivity contribution >= 4 is 28.7 Å². The highest BCUT2D eigenvalue weighted by atomic mass is 19.1. The largest absolute Gasteiger partial charge is 0.384 e. The molecule has 1 saturated heterocycles. The van der Waals surface area contributed by atoms with Crippen LogP contribution < -0.4 is 21.8 Å². The minimum Gasteiger partial charge on any atom is -0.384 e. The Morgan fingerprint density at radius 3 is 2.68 bits per heavy atom. The van der Waals surface area contributed by atoms with Crippen LogP contribution in [0.15, 0.2) is 35.3 Å². The van der Waals surface area contributed by atoms with Crippen molar-refractivity contribution in [3.8, 4) is 11.4 Å². The van der Waals surface area contributed by atoms with Crippen molar-refractivity contribution in [1.82, 2.24) is 30.1 Å². The van der Waals surface area contributed by atoms with E-state index in [2.05, 4.69) is 25.5 Å². The lowest BCUT2D eigenvalue weighted by Crippen LogP contribution is -2.41. The highest BCUT2D eigenvalue weighted by Crippen LogP contribution is 2.22. The van der Waals surface area contributed by atoms with Gasteiger partial charge in [-0.15, -0.1) is 0 Å². The number of carbonyl (C=O) groups excluding carboxylic acids is 2. The minimum absolute atomic E-state index is 0.0590. The molecular formula is C26H32FN7O3. The number of carbonyl (C=O) groups is 2. The number of nitrogens with zero attached hydrogens (tertiary/aromatic N) is 4. The van der Waals surface area contributed by atoms with Gasteiger partial charge in [0.2, 0.25) is 11.3 Å². The highest BCUT2D eigenvalue weighted by Gasteiger charge is 2.24. The summed E-state index contributed by atoms with van der Waals surface area (Å²) in [4.78, 5) is 48.8. The maximum Gasteiger partial charge on any atom is 0.258 e. The second-order valence-corrected chi connectivity index (χ2v) is 9.03. The van der Waals surface area contributed by atoms with Gasteiger partial charge in [-0.05, 0) is 50.1 Å². The summed E-state index contributed by atoms with van der Waals surface area (Å²) >= 11 is 0. The first-order chi connectivity index (χ1) is 17.9. The second-order valence-electron chi connectivity index (χ2n) is 9.03. The van der Waals surface area contributed by atoms with Crippen LogP contribution in [0, 0.1) is 0 Å². The number of rotatable bonds is 9. The fourth-order valence-corrected chi connectivity index (χ4v) is 4.83. The second kappa shape index (κ2) is 11.5. The summed E-state index contributed by atoms with van der Waals surface area (Å²) in [6.07, 6.45) is 3.79. The lowest BCUT2D eigenvalue weighted by Gasteiger charge is -2.23. The molecule has 37 heavy (non-hydrogen) atoms. The summed E-state index contributed by atoms with van der Waals surface area (Å²) in [7, 11) is 1.44. The van der Waals surface area contributed by atoms with Crippen LogP contribution in [-0.2, 0) is 17.8 Å². The minimum atomic E-state index is -0.544. The zero-order chi connectivity index (χ0) is 26.5. The van der Waals surface area contributed by atoms with E-state index in [9.17, 15) is 18.8 Å². The Balaban J connectivity index is 1.50. The van der Waals surface area contributed by atoms with E-state index >= 15 is 0 Å². The summed E-state index contributed by atoms with van der Waals surface area (Å²) in [5, 5.41) is 5.70. The van der Waals surface area contributed by atoms with Gasteiger partial charge >= 0.3 is 0 Å². The van der Waals surface area contributed by atoms with Crippen LogP contribution in [-0.4, -0.2) is 70.6 Å². The molecule has 0 saturated carbocycles. The number of anilines is 1. The Hall–Kier alpha value is -3.86. The first-order valence-corrected chi connectivity index (χ1v) is 12.4. The number of nitrogens with two attached hydrogens (primary N) is 1. The molecule has 3 aromatic heterocycles. The van der Waals surface area contributed by atoms with Crippen LogP contribution in [0.4, 0.5) is 10.2 Å². The van der Waals surface area contributed by atoms with E-state index in [1.54, 1.807) is 29.0 Å². The summed E-state index contributed by atoms with van der Waals surface area (Å²) in [6.45, 7) is 3.67. The van der Waals surface area contributed by atoms with Crippen LogP contribution in [0.2, 0.25) is 0 Å². The third-order valence-electron chi connectivity index (χ3n) is 6.78. The van der Waals surface area contributed by atoms with E-state index in [0.29, 0.717) is 42.1 Å². The Labute approximate surface area is 214 Å². The molecular weight excluding hydrogens is 477 g/mol. The van der Waals surface area contributed by atoms with Crippen LogP contribution in [0.1, 0.15) is 35.7 Å². The first-order valence-electron chi connectivity index (χ1n) is 12.4. The summed E-state index contributed by atoms with van der Waals surface area (Å²) in [5.41, 5.74) is 7.81. The van der Waals surface area contributed by atoms with Gasteiger partial charge in [-0.3, -0.25) is 24.3 Å². The molecule has 2 amide bonds. The number of alkyl halides is 1. The maximum atomic E-state index is 12.9. The van der Waals surface area contributed by atoms with Crippen molar-refractivity contribution in [2.24, 2.45) is 0 Å². The van der Waals surface area contributed by atoms with Crippen molar-refractivity contribution < 1.29 is 14.0 Å². The molecule has 1 atom stereocenters. The van der Waals surface area contributed by atoms with Crippen molar-refractivity contribution in [2.45, 2.75) is 38.8 Å². The number of halogens is 1. The molecule has 0 spiro atoms. The Morgan fingerprint density at radius 1 is 1.22 bits per heavy atom. The SMILES string of the molecule is CCn1c(N)c(C(=O)NC)c(=O)c2ccc(-c3ccc(CC(=O)NC[C@H]4CCCN4CCF)cn3)nc21. The van der Waals surface area contributed by atoms with Gasteiger partial charge in [-0.2, -0.15) is 0 Å². The molecule has 1 aliphatic heterocycles. The monoisotopic (exact) mass is 509 g/mol. The van der Waals surface area contributed by atoms with Crippen molar-refractivity contribution in [3.63, 3.8) is 0 Å². The number of hydrogen-bond donors (Lipinski definition) is 3. The molecule has 4 N–H and O–H groups in total. The molecule has 11 heteroatoms. The summed E-state index contributed by atoms with van der Waals surface area (Å²) in [6, 6.07) is 7.06. The molecule has 0 aliphatic carbocycles. The molecule has 10 nitrogen and oxygen atoms in total. The highest BCUT2D eigenvalue weighted by molar-refractivity contribution is 6.01. The number of fused-ring (bicyclic) bond motifs is 1. The number of aryl methyl sites for hydroxylation is 1. The van der Waals surface area contributed by atoms with Gasteiger partial charge in [0, 0.05) is 38.9 Å². The lowest BCUT2D eigenvalue weighted by molar-refractivity contribution is -0.120. The maximum absolute atomic E-state index is 12.9. The van der Waals surface area contributed by atoms with Gasteiger partial charge in [-0.25, -0.2) is 9.37 Å². The average Bonchev–Trinajstić information content (AvgIpc) is 3.35. The van der Waals surface area contributed by atoms with Crippen LogP contribution in [0.25, 0.3) is 22.4 Å². The number of likely N-dealkylation sites (tertiary alicyclic amines) is 1. The number of nitrogens with one attached hydrogen (secondary N) is 2. The quantitative estimate of drug-likeness (QED) is 0.398. The molecule has 0 aromatic carbocycles.